The van der Waals surface area contributed by atoms with E-state index in [1.807, 2.05) is 16.8 Å². The van der Waals surface area contributed by atoms with E-state index in [1.54, 1.807) is 30.6 Å². The summed E-state index contributed by atoms with van der Waals surface area (Å²) in [4.78, 5) is 12.4. The Labute approximate surface area is 151 Å². The van der Waals surface area contributed by atoms with Gasteiger partial charge >= 0.3 is 0 Å². The predicted octanol–water partition coefficient (Wildman–Crippen LogP) is 2.09. The lowest BCUT2D eigenvalue weighted by molar-refractivity contribution is 0.0950. The average molecular weight is 380 g/mol. The van der Waals surface area contributed by atoms with E-state index >= 15 is 0 Å². The third kappa shape index (κ3) is 4.09. The number of nitrogens with one attached hydrogen (secondary N) is 1. The lowest BCUT2D eigenvalue weighted by Gasteiger charge is -2.16. The summed E-state index contributed by atoms with van der Waals surface area (Å²) in [5.74, 6) is -0.292. The standard InChI is InChI=1S/C17H20N2O4S2/c1-23-15-5-7-19(11-15)25(21,22)16-4-2-3-14(9-16)17(20)18-10-13-6-8-24-12-13/h2-4,6,8-9,12,15H,5,7,10-11H2,1H3,(H,18,20). The molecule has 1 aromatic heterocycles. The zero-order valence-electron chi connectivity index (χ0n) is 13.8. The van der Waals surface area contributed by atoms with Crippen LogP contribution >= 0.6 is 11.3 Å². The van der Waals surface area contributed by atoms with E-state index < -0.39 is 10.0 Å². The fraction of sp³-hybridized carbons (Fsp3) is 0.353. The van der Waals surface area contributed by atoms with Crippen molar-refractivity contribution >= 4 is 27.3 Å². The first-order chi connectivity index (χ1) is 12.0. The van der Waals surface area contributed by atoms with E-state index in [1.165, 1.54) is 16.4 Å². The predicted molar refractivity (Wildman–Crippen MR) is 96.1 cm³/mol. The number of amides is 1. The molecule has 0 spiro atoms. The first kappa shape index (κ1) is 18.1. The quantitative estimate of drug-likeness (QED) is 0.833. The maximum atomic E-state index is 12.8. The highest BCUT2D eigenvalue weighted by molar-refractivity contribution is 7.89. The maximum Gasteiger partial charge on any atom is 0.251 e. The molecule has 1 fully saturated rings. The average Bonchev–Trinajstić information content (AvgIpc) is 3.31. The van der Waals surface area contributed by atoms with Gasteiger partial charge in [-0.15, -0.1) is 0 Å². The van der Waals surface area contributed by atoms with Crippen molar-refractivity contribution in [3.8, 4) is 0 Å². The number of sulfonamides is 1. The van der Waals surface area contributed by atoms with Crippen molar-refractivity contribution in [1.82, 2.24) is 9.62 Å². The van der Waals surface area contributed by atoms with Crippen LogP contribution in [0.25, 0.3) is 0 Å². The molecule has 134 valence electrons. The van der Waals surface area contributed by atoms with Crippen molar-refractivity contribution < 1.29 is 17.9 Å². The topological polar surface area (TPSA) is 75.7 Å². The molecule has 25 heavy (non-hydrogen) atoms. The third-order valence-corrected chi connectivity index (χ3v) is 6.80. The van der Waals surface area contributed by atoms with Gasteiger partial charge in [0.2, 0.25) is 10.0 Å². The molecule has 1 atom stereocenters. The molecule has 1 saturated heterocycles. The molecule has 6 nitrogen and oxygen atoms in total. The smallest absolute Gasteiger partial charge is 0.251 e. The second-order valence-corrected chi connectivity index (χ2v) is 8.57. The minimum Gasteiger partial charge on any atom is -0.380 e. The molecular weight excluding hydrogens is 360 g/mol. The van der Waals surface area contributed by atoms with Crippen molar-refractivity contribution in [2.75, 3.05) is 20.2 Å². The zero-order valence-corrected chi connectivity index (χ0v) is 15.5. The Kier molecular flexibility index (Phi) is 5.53. The highest BCUT2D eigenvalue weighted by Gasteiger charge is 2.32. The van der Waals surface area contributed by atoms with Gasteiger partial charge < -0.3 is 10.1 Å². The van der Waals surface area contributed by atoms with Crippen molar-refractivity contribution in [3.63, 3.8) is 0 Å². The van der Waals surface area contributed by atoms with Crippen LogP contribution in [0.15, 0.2) is 46.0 Å². The molecule has 1 aliphatic heterocycles. The monoisotopic (exact) mass is 380 g/mol. The van der Waals surface area contributed by atoms with Gasteiger partial charge in [-0.25, -0.2) is 8.42 Å². The number of thiophene rings is 1. The van der Waals surface area contributed by atoms with Crippen LogP contribution in [-0.4, -0.2) is 44.9 Å². The van der Waals surface area contributed by atoms with Gasteiger partial charge in [0.05, 0.1) is 11.0 Å². The molecule has 0 aliphatic carbocycles. The summed E-state index contributed by atoms with van der Waals surface area (Å²) in [7, 11) is -2.04. The molecule has 1 aromatic carbocycles. The lowest BCUT2D eigenvalue weighted by atomic mass is 10.2. The number of rotatable bonds is 6. The Bertz CT molecular complexity index is 834. The Morgan fingerprint density at radius 1 is 1.40 bits per heavy atom. The van der Waals surface area contributed by atoms with Gasteiger partial charge in [0.15, 0.2) is 0 Å². The Morgan fingerprint density at radius 3 is 2.92 bits per heavy atom. The highest BCUT2D eigenvalue weighted by atomic mass is 32.2. The van der Waals surface area contributed by atoms with Crippen LogP contribution in [0, 0.1) is 0 Å². The molecule has 2 heterocycles. The third-order valence-electron chi connectivity index (χ3n) is 4.21. The van der Waals surface area contributed by atoms with Gasteiger partial charge in [-0.05, 0) is 47.0 Å². The number of nitrogens with zero attached hydrogens (tertiary/aromatic N) is 1. The van der Waals surface area contributed by atoms with Gasteiger partial charge in [-0.1, -0.05) is 6.07 Å². The Balaban J connectivity index is 1.73. The molecule has 1 aliphatic rings. The van der Waals surface area contributed by atoms with E-state index in [4.69, 9.17) is 4.74 Å². The largest absolute Gasteiger partial charge is 0.380 e. The Morgan fingerprint density at radius 2 is 2.24 bits per heavy atom. The molecular formula is C17H20N2O4S2. The van der Waals surface area contributed by atoms with Crippen LogP contribution < -0.4 is 5.32 Å². The van der Waals surface area contributed by atoms with Gasteiger partial charge in [-0.2, -0.15) is 15.6 Å². The number of benzene rings is 1. The summed E-state index contributed by atoms with van der Waals surface area (Å²) in [6.45, 7) is 1.18. The summed E-state index contributed by atoms with van der Waals surface area (Å²) >= 11 is 1.56. The van der Waals surface area contributed by atoms with E-state index in [2.05, 4.69) is 5.32 Å². The molecule has 0 bridgehead atoms. The molecule has 8 heteroatoms. The van der Waals surface area contributed by atoms with Gasteiger partial charge in [-0.3, -0.25) is 4.79 Å². The van der Waals surface area contributed by atoms with Crippen LogP contribution in [0.1, 0.15) is 22.3 Å². The van der Waals surface area contributed by atoms with Crippen molar-refractivity contribution in [2.45, 2.75) is 24.0 Å². The highest BCUT2D eigenvalue weighted by Crippen LogP contribution is 2.23. The molecule has 0 saturated carbocycles. The Hall–Kier alpha value is -1.74. The van der Waals surface area contributed by atoms with Gasteiger partial charge in [0, 0.05) is 32.3 Å². The lowest BCUT2D eigenvalue weighted by Crippen LogP contribution is -2.30. The summed E-state index contributed by atoms with van der Waals surface area (Å²) < 4.78 is 32.1. The number of hydrogen-bond acceptors (Lipinski definition) is 5. The number of ether oxygens (including phenoxy) is 1. The second-order valence-electron chi connectivity index (χ2n) is 5.85. The van der Waals surface area contributed by atoms with E-state index in [-0.39, 0.29) is 16.9 Å². The molecule has 0 radical (unpaired) electrons. The summed E-state index contributed by atoms with van der Waals surface area (Å²) in [6.07, 6.45) is 0.600. The molecule has 2 aromatic rings. The van der Waals surface area contributed by atoms with Crippen LogP contribution in [0.2, 0.25) is 0 Å². The zero-order chi connectivity index (χ0) is 17.9. The second kappa shape index (κ2) is 7.65. The van der Waals surface area contributed by atoms with Gasteiger partial charge in [0.1, 0.15) is 0 Å². The van der Waals surface area contributed by atoms with Crippen molar-refractivity contribution in [1.29, 1.82) is 0 Å². The molecule has 1 amide bonds. The van der Waals surface area contributed by atoms with Crippen LogP contribution in [-0.2, 0) is 21.3 Å². The fourth-order valence-corrected chi connectivity index (χ4v) is 4.93. The minimum atomic E-state index is -3.62. The van der Waals surface area contributed by atoms with Crippen molar-refractivity contribution in [3.05, 3.63) is 52.2 Å². The number of hydrogen-bond donors (Lipinski definition) is 1. The van der Waals surface area contributed by atoms with E-state index in [9.17, 15) is 13.2 Å². The number of carbonyl (C=O) groups excluding carboxylic acids is 1. The molecule has 3 rings (SSSR count). The summed E-state index contributed by atoms with van der Waals surface area (Å²) in [5, 5.41) is 6.71. The first-order valence-electron chi connectivity index (χ1n) is 7.93. The van der Waals surface area contributed by atoms with Crippen molar-refractivity contribution in [2.24, 2.45) is 0 Å². The number of carbonyl (C=O) groups is 1. The van der Waals surface area contributed by atoms with Gasteiger partial charge in [0.25, 0.3) is 5.91 Å². The number of methoxy groups -OCH3 is 1. The van der Waals surface area contributed by atoms with Crippen LogP contribution in [0.4, 0.5) is 0 Å². The SMILES string of the molecule is COC1CCN(S(=O)(=O)c2cccc(C(=O)NCc3ccsc3)c2)C1. The summed E-state index contributed by atoms with van der Waals surface area (Å²) in [5.41, 5.74) is 1.35. The maximum absolute atomic E-state index is 12.8. The fourth-order valence-electron chi connectivity index (χ4n) is 2.73. The molecule has 1 unspecified atom stereocenters. The van der Waals surface area contributed by atoms with Crippen LogP contribution in [0.3, 0.4) is 0 Å². The minimum absolute atomic E-state index is 0.0770. The van der Waals surface area contributed by atoms with Crippen LogP contribution in [0.5, 0.6) is 0 Å². The summed E-state index contributed by atoms with van der Waals surface area (Å²) in [6, 6.07) is 8.09. The first-order valence-corrected chi connectivity index (χ1v) is 10.3. The molecule has 1 N–H and O–H groups in total. The normalized spacial score (nSPS) is 18.4. The van der Waals surface area contributed by atoms with E-state index in [0.29, 0.717) is 31.6 Å². The van der Waals surface area contributed by atoms with E-state index in [0.717, 1.165) is 5.56 Å².